The van der Waals surface area contributed by atoms with Crippen molar-refractivity contribution in [3.05, 3.63) is 34.9 Å². The summed E-state index contributed by atoms with van der Waals surface area (Å²) >= 11 is 5.86. The summed E-state index contributed by atoms with van der Waals surface area (Å²) in [5, 5.41) is 11.2. The summed E-state index contributed by atoms with van der Waals surface area (Å²) in [6.45, 7) is 2.20. The van der Waals surface area contributed by atoms with Crippen LogP contribution in [0.1, 0.15) is 50.7 Å². The Labute approximate surface area is 102 Å². The van der Waals surface area contributed by atoms with Crippen LogP contribution in [0.25, 0.3) is 0 Å². The van der Waals surface area contributed by atoms with Crippen LogP contribution in [0.4, 0.5) is 0 Å². The number of hydrogen-bond acceptors (Lipinski definition) is 1. The first-order chi connectivity index (χ1) is 7.62. The van der Waals surface area contributed by atoms with E-state index in [0.717, 1.165) is 23.4 Å². The molecule has 1 aliphatic rings. The summed E-state index contributed by atoms with van der Waals surface area (Å²) in [5.74, 6) is 0. The largest absolute Gasteiger partial charge is 0.388 e. The number of rotatable bonds is 2. The minimum atomic E-state index is -0.356. The third kappa shape index (κ3) is 2.41. The number of halogens is 1. The fraction of sp³-hybridized carbons (Fsp3) is 0.571. The Hall–Kier alpha value is -0.530. The molecule has 0 aliphatic heterocycles. The molecule has 0 aromatic heterocycles. The van der Waals surface area contributed by atoms with Gasteiger partial charge in [-0.15, -0.1) is 0 Å². The molecule has 1 aliphatic carbocycles. The Balaban J connectivity index is 2.16. The Morgan fingerprint density at radius 3 is 2.25 bits per heavy atom. The lowest BCUT2D eigenvalue weighted by molar-refractivity contribution is 0.00819. The molecular weight excluding hydrogens is 220 g/mol. The molecule has 0 amide bonds. The molecule has 0 spiro atoms. The molecule has 1 N–H and O–H groups in total. The van der Waals surface area contributed by atoms with E-state index in [1.165, 1.54) is 19.3 Å². The average molecular weight is 239 g/mol. The maximum Gasteiger partial charge on any atom is 0.0843 e. The van der Waals surface area contributed by atoms with Crippen LogP contribution >= 0.6 is 11.6 Å². The minimum Gasteiger partial charge on any atom is -0.388 e. The number of benzene rings is 1. The second-order valence-corrected chi connectivity index (χ2v) is 5.61. The van der Waals surface area contributed by atoms with Gasteiger partial charge in [-0.2, -0.15) is 0 Å². The van der Waals surface area contributed by atoms with E-state index in [2.05, 4.69) is 6.92 Å². The second kappa shape index (κ2) is 4.77. The molecule has 0 heterocycles. The number of hydrogen-bond donors (Lipinski definition) is 1. The summed E-state index contributed by atoms with van der Waals surface area (Å²) in [5.41, 5.74) is 1.04. The summed E-state index contributed by atoms with van der Waals surface area (Å²) in [6.07, 6.45) is 5.67. The molecule has 2 heteroatoms. The maximum absolute atomic E-state index is 10.5. The smallest absolute Gasteiger partial charge is 0.0843 e. The zero-order valence-corrected chi connectivity index (χ0v) is 10.5. The standard InChI is InChI=1S/C14H19ClO/c1-14(9-3-2-4-10-14)13(16)11-5-7-12(15)8-6-11/h5-8,13,16H,2-4,9-10H2,1H3. The third-order valence-electron chi connectivity index (χ3n) is 3.84. The summed E-state index contributed by atoms with van der Waals surface area (Å²) in [4.78, 5) is 0. The molecule has 1 atom stereocenters. The van der Waals surface area contributed by atoms with Crippen molar-refractivity contribution in [2.75, 3.05) is 0 Å². The van der Waals surface area contributed by atoms with Gasteiger partial charge in [0.05, 0.1) is 6.10 Å². The van der Waals surface area contributed by atoms with E-state index < -0.39 is 0 Å². The molecule has 1 nitrogen and oxygen atoms in total. The third-order valence-corrected chi connectivity index (χ3v) is 4.09. The van der Waals surface area contributed by atoms with E-state index in [4.69, 9.17) is 11.6 Å². The predicted molar refractivity (Wildman–Crippen MR) is 67.6 cm³/mol. The quantitative estimate of drug-likeness (QED) is 0.813. The summed E-state index contributed by atoms with van der Waals surface area (Å²) in [6, 6.07) is 7.58. The van der Waals surface area contributed by atoms with Gasteiger partial charge < -0.3 is 5.11 Å². The van der Waals surface area contributed by atoms with E-state index >= 15 is 0 Å². The molecule has 1 fully saturated rings. The zero-order valence-electron chi connectivity index (χ0n) is 9.75. The van der Waals surface area contributed by atoms with Crippen molar-refractivity contribution in [1.29, 1.82) is 0 Å². The highest BCUT2D eigenvalue weighted by Gasteiger charge is 2.35. The monoisotopic (exact) mass is 238 g/mol. The van der Waals surface area contributed by atoms with Gasteiger partial charge in [0.2, 0.25) is 0 Å². The van der Waals surface area contributed by atoms with Crippen molar-refractivity contribution >= 4 is 11.6 Å². The molecule has 0 bridgehead atoms. The molecule has 2 rings (SSSR count). The van der Waals surface area contributed by atoms with E-state index in [9.17, 15) is 5.11 Å². The van der Waals surface area contributed by atoms with Crippen LogP contribution in [0, 0.1) is 5.41 Å². The van der Waals surface area contributed by atoms with Gasteiger partial charge in [-0.1, -0.05) is 49.9 Å². The van der Waals surface area contributed by atoms with E-state index in [-0.39, 0.29) is 11.5 Å². The van der Waals surface area contributed by atoms with Crippen LogP contribution in [-0.2, 0) is 0 Å². The Kier molecular flexibility index (Phi) is 3.56. The minimum absolute atomic E-state index is 0.0477. The van der Waals surface area contributed by atoms with Crippen molar-refractivity contribution in [3.63, 3.8) is 0 Å². The maximum atomic E-state index is 10.5. The van der Waals surface area contributed by atoms with E-state index in [1.807, 2.05) is 24.3 Å². The van der Waals surface area contributed by atoms with Crippen molar-refractivity contribution in [3.8, 4) is 0 Å². The van der Waals surface area contributed by atoms with Gasteiger partial charge in [0.25, 0.3) is 0 Å². The Bertz CT molecular complexity index is 338. The van der Waals surface area contributed by atoms with Crippen molar-refractivity contribution in [2.24, 2.45) is 5.41 Å². The van der Waals surface area contributed by atoms with Gasteiger partial charge in [0.1, 0.15) is 0 Å². The summed E-state index contributed by atoms with van der Waals surface area (Å²) < 4.78 is 0. The Morgan fingerprint density at radius 2 is 1.69 bits per heavy atom. The molecule has 1 aromatic rings. The second-order valence-electron chi connectivity index (χ2n) is 5.17. The molecule has 88 valence electrons. The van der Waals surface area contributed by atoms with Crippen molar-refractivity contribution in [1.82, 2.24) is 0 Å². The van der Waals surface area contributed by atoms with E-state index in [0.29, 0.717) is 0 Å². The van der Waals surface area contributed by atoms with Crippen LogP contribution in [-0.4, -0.2) is 5.11 Å². The lowest BCUT2D eigenvalue weighted by Gasteiger charge is -2.38. The average Bonchev–Trinajstić information content (AvgIpc) is 2.30. The first-order valence-electron chi connectivity index (χ1n) is 6.05. The highest BCUT2D eigenvalue weighted by atomic mass is 35.5. The Morgan fingerprint density at radius 1 is 1.12 bits per heavy atom. The highest BCUT2D eigenvalue weighted by Crippen LogP contribution is 2.45. The van der Waals surface area contributed by atoms with Gasteiger partial charge in [-0.05, 0) is 36.0 Å². The van der Waals surface area contributed by atoms with Crippen molar-refractivity contribution < 1.29 is 5.11 Å². The van der Waals surface area contributed by atoms with Gasteiger partial charge in [0, 0.05) is 5.02 Å². The molecule has 1 unspecified atom stereocenters. The fourth-order valence-corrected chi connectivity index (χ4v) is 2.81. The van der Waals surface area contributed by atoms with Crippen LogP contribution in [0.15, 0.2) is 24.3 Å². The normalized spacial score (nSPS) is 21.7. The van der Waals surface area contributed by atoms with Crippen LogP contribution < -0.4 is 0 Å². The van der Waals surface area contributed by atoms with Gasteiger partial charge >= 0.3 is 0 Å². The first-order valence-corrected chi connectivity index (χ1v) is 6.43. The lowest BCUT2D eigenvalue weighted by atomic mass is 9.70. The van der Waals surface area contributed by atoms with Gasteiger partial charge in [-0.25, -0.2) is 0 Å². The van der Waals surface area contributed by atoms with E-state index in [1.54, 1.807) is 0 Å². The highest BCUT2D eigenvalue weighted by molar-refractivity contribution is 6.30. The first kappa shape index (κ1) is 11.9. The topological polar surface area (TPSA) is 20.2 Å². The van der Waals surface area contributed by atoms with Crippen molar-refractivity contribution in [2.45, 2.75) is 45.1 Å². The molecule has 0 radical (unpaired) electrons. The zero-order chi connectivity index (χ0) is 11.6. The summed E-state index contributed by atoms with van der Waals surface area (Å²) in [7, 11) is 0. The molecule has 1 saturated carbocycles. The molecule has 16 heavy (non-hydrogen) atoms. The predicted octanol–water partition coefficient (Wildman–Crippen LogP) is 4.34. The van der Waals surface area contributed by atoms with Crippen LogP contribution in [0.3, 0.4) is 0 Å². The fourth-order valence-electron chi connectivity index (χ4n) is 2.68. The van der Waals surface area contributed by atoms with Gasteiger partial charge in [-0.3, -0.25) is 0 Å². The molecule has 0 saturated heterocycles. The number of aliphatic hydroxyl groups excluding tert-OH is 1. The van der Waals surface area contributed by atoms with Crippen LogP contribution in [0.5, 0.6) is 0 Å². The van der Waals surface area contributed by atoms with Gasteiger partial charge in [0.15, 0.2) is 0 Å². The molecule has 1 aromatic carbocycles. The lowest BCUT2D eigenvalue weighted by Crippen LogP contribution is -2.28. The van der Waals surface area contributed by atoms with Crippen LogP contribution in [0.2, 0.25) is 5.02 Å². The molecular formula is C14H19ClO. The SMILES string of the molecule is CC1(C(O)c2ccc(Cl)cc2)CCCCC1. The number of aliphatic hydroxyl groups is 1.